The van der Waals surface area contributed by atoms with Crippen LogP contribution in [0.3, 0.4) is 0 Å². The molecule has 0 spiro atoms. The van der Waals surface area contributed by atoms with Crippen LogP contribution in [0.4, 0.5) is 0 Å². The summed E-state index contributed by atoms with van der Waals surface area (Å²) in [6.45, 7) is 2.21. The van der Waals surface area contributed by atoms with Crippen LogP contribution in [0.1, 0.15) is 33.7 Å². The van der Waals surface area contributed by atoms with Gasteiger partial charge in [0.2, 0.25) is 0 Å². The zero-order valence-corrected chi connectivity index (χ0v) is 23.5. The van der Waals surface area contributed by atoms with Crippen LogP contribution in [-0.4, -0.2) is 33.7 Å². The summed E-state index contributed by atoms with van der Waals surface area (Å²) >= 11 is 0. The summed E-state index contributed by atoms with van der Waals surface area (Å²) in [7, 11) is 0.960. The SMILES string of the molecule is COc1ccc2c(c1)OCc1cc(OC)cc(OC)c1C2c1cn(S(=O)(=O)c2ccc(C)cc2)c2ccccc12. The van der Waals surface area contributed by atoms with E-state index >= 15 is 0 Å². The number of para-hydroxylation sites is 1. The molecule has 0 aliphatic carbocycles. The highest BCUT2D eigenvalue weighted by Gasteiger charge is 2.34. The Labute approximate surface area is 233 Å². The van der Waals surface area contributed by atoms with Gasteiger partial charge in [0.25, 0.3) is 10.0 Å². The van der Waals surface area contributed by atoms with Gasteiger partial charge in [-0.3, -0.25) is 0 Å². The lowest BCUT2D eigenvalue weighted by molar-refractivity contribution is 0.302. The molecule has 40 heavy (non-hydrogen) atoms. The Balaban J connectivity index is 1.67. The maximum atomic E-state index is 14.0. The van der Waals surface area contributed by atoms with Crippen molar-refractivity contribution in [2.24, 2.45) is 0 Å². The molecule has 0 bridgehead atoms. The number of hydrogen-bond donors (Lipinski definition) is 0. The Morgan fingerprint density at radius 3 is 2.30 bits per heavy atom. The number of rotatable bonds is 6. The molecule has 1 aromatic heterocycles. The van der Waals surface area contributed by atoms with Gasteiger partial charge in [-0.05, 0) is 42.8 Å². The normalized spacial score (nSPS) is 14.6. The predicted octanol–water partition coefficient (Wildman–Crippen LogP) is 6.29. The number of aryl methyl sites for hydroxylation is 1. The Morgan fingerprint density at radius 2 is 1.57 bits per heavy atom. The fraction of sp³-hybridized carbons (Fsp3) is 0.188. The third-order valence-corrected chi connectivity index (χ3v) is 9.15. The summed E-state index contributed by atoms with van der Waals surface area (Å²) in [4.78, 5) is 0.224. The maximum Gasteiger partial charge on any atom is 0.268 e. The van der Waals surface area contributed by atoms with Crippen molar-refractivity contribution in [3.05, 3.63) is 113 Å². The molecule has 7 nitrogen and oxygen atoms in total. The van der Waals surface area contributed by atoms with Crippen LogP contribution >= 0.6 is 0 Å². The largest absolute Gasteiger partial charge is 0.497 e. The summed E-state index contributed by atoms with van der Waals surface area (Å²) in [5.41, 5.74) is 5.04. The lowest BCUT2D eigenvalue weighted by Crippen LogP contribution is -2.12. The molecule has 204 valence electrons. The fourth-order valence-electron chi connectivity index (χ4n) is 5.46. The van der Waals surface area contributed by atoms with Gasteiger partial charge in [-0.15, -0.1) is 0 Å². The summed E-state index contributed by atoms with van der Waals surface area (Å²) in [6.07, 6.45) is 1.73. The molecule has 0 fully saturated rings. The number of fused-ring (bicyclic) bond motifs is 3. The van der Waals surface area contributed by atoms with E-state index in [2.05, 4.69) is 0 Å². The highest BCUT2D eigenvalue weighted by molar-refractivity contribution is 7.90. The van der Waals surface area contributed by atoms with E-state index < -0.39 is 15.9 Å². The molecule has 0 N–H and O–H groups in total. The van der Waals surface area contributed by atoms with Crippen LogP contribution < -0.4 is 18.9 Å². The first-order valence-corrected chi connectivity index (χ1v) is 14.3. The molecule has 5 aromatic rings. The third-order valence-electron chi connectivity index (χ3n) is 7.46. The van der Waals surface area contributed by atoms with Gasteiger partial charge < -0.3 is 18.9 Å². The number of hydrogen-bond acceptors (Lipinski definition) is 6. The highest BCUT2D eigenvalue weighted by atomic mass is 32.2. The Hall–Kier alpha value is -4.43. The second kappa shape index (κ2) is 9.95. The van der Waals surface area contributed by atoms with Crippen molar-refractivity contribution in [2.75, 3.05) is 21.3 Å². The van der Waals surface area contributed by atoms with Crippen LogP contribution in [-0.2, 0) is 16.6 Å². The molecule has 0 radical (unpaired) electrons. The highest BCUT2D eigenvalue weighted by Crippen LogP contribution is 2.49. The Morgan fingerprint density at radius 1 is 0.825 bits per heavy atom. The van der Waals surface area contributed by atoms with E-state index in [4.69, 9.17) is 18.9 Å². The van der Waals surface area contributed by atoms with Crippen molar-refractivity contribution in [3.63, 3.8) is 0 Å². The van der Waals surface area contributed by atoms with Crippen molar-refractivity contribution < 1.29 is 27.4 Å². The fourth-order valence-corrected chi connectivity index (χ4v) is 6.84. The first kappa shape index (κ1) is 25.8. The van der Waals surface area contributed by atoms with Crippen LogP contribution in [0.15, 0.2) is 90.0 Å². The van der Waals surface area contributed by atoms with Crippen LogP contribution in [0, 0.1) is 6.92 Å². The standard InChI is InChI=1S/C32H29NO6S/c1-20-9-12-24(13-10-20)40(34,35)33-18-27(25-7-5-6-8-28(25)33)32-26-14-11-22(36-2)16-29(26)39-19-21-15-23(37-3)17-30(38-4)31(21)32/h5-18,32H,19H2,1-4H3. The smallest absolute Gasteiger partial charge is 0.268 e. The molecule has 0 saturated heterocycles. The molecule has 1 aliphatic heterocycles. The van der Waals surface area contributed by atoms with Gasteiger partial charge in [0.15, 0.2) is 0 Å². The minimum absolute atomic E-state index is 0.224. The molecular weight excluding hydrogens is 526 g/mol. The first-order valence-electron chi connectivity index (χ1n) is 12.8. The van der Waals surface area contributed by atoms with Gasteiger partial charge in [0.05, 0.1) is 31.7 Å². The molecule has 8 heteroatoms. The second-order valence-corrected chi connectivity index (χ2v) is 11.6. The van der Waals surface area contributed by atoms with Crippen molar-refractivity contribution >= 4 is 20.9 Å². The van der Waals surface area contributed by atoms with Gasteiger partial charge in [-0.1, -0.05) is 42.0 Å². The number of aromatic nitrogens is 1. The molecule has 0 amide bonds. The quantitative estimate of drug-likeness (QED) is 0.245. The molecule has 0 saturated carbocycles. The number of methoxy groups -OCH3 is 3. The van der Waals surface area contributed by atoms with Gasteiger partial charge in [-0.25, -0.2) is 12.4 Å². The molecule has 1 unspecified atom stereocenters. The van der Waals surface area contributed by atoms with Crippen molar-refractivity contribution in [3.8, 4) is 23.0 Å². The van der Waals surface area contributed by atoms with Gasteiger partial charge >= 0.3 is 0 Å². The van der Waals surface area contributed by atoms with Gasteiger partial charge in [-0.2, -0.15) is 0 Å². The lowest BCUT2D eigenvalue weighted by Gasteiger charge is -2.22. The first-order chi connectivity index (χ1) is 19.3. The monoisotopic (exact) mass is 555 g/mol. The summed E-state index contributed by atoms with van der Waals surface area (Å²) in [6, 6.07) is 24.0. The minimum Gasteiger partial charge on any atom is -0.497 e. The molecule has 2 heterocycles. The van der Waals surface area contributed by atoms with Gasteiger partial charge in [0, 0.05) is 46.3 Å². The number of ether oxygens (including phenoxy) is 4. The average molecular weight is 556 g/mol. The summed E-state index contributed by atoms with van der Waals surface area (Å²) in [5.74, 6) is 2.19. The van der Waals surface area contributed by atoms with E-state index in [1.807, 2.05) is 61.5 Å². The zero-order valence-electron chi connectivity index (χ0n) is 22.7. The average Bonchev–Trinajstić information content (AvgIpc) is 3.29. The Bertz CT molecular complexity index is 1840. The molecule has 1 aliphatic rings. The predicted molar refractivity (Wildman–Crippen MR) is 154 cm³/mol. The van der Waals surface area contributed by atoms with Crippen LogP contribution in [0.2, 0.25) is 0 Å². The lowest BCUT2D eigenvalue weighted by atomic mass is 9.82. The van der Waals surface area contributed by atoms with Crippen molar-refractivity contribution in [2.45, 2.75) is 24.3 Å². The van der Waals surface area contributed by atoms with Crippen LogP contribution in [0.5, 0.6) is 23.0 Å². The van der Waals surface area contributed by atoms with Crippen molar-refractivity contribution in [1.82, 2.24) is 3.97 Å². The van der Waals surface area contributed by atoms with E-state index in [1.54, 1.807) is 51.8 Å². The Kier molecular flexibility index (Phi) is 6.43. The minimum atomic E-state index is -3.89. The molecule has 6 rings (SSSR count). The maximum absolute atomic E-state index is 14.0. The van der Waals surface area contributed by atoms with Crippen LogP contribution in [0.25, 0.3) is 10.9 Å². The zero-order chi connectivity index (χ0) is 28.0. The van der Waals surface area contributed by atoms with Gasteiger partial charge in [0.1, 0.15) is 29.6 Å². The topological polar surface area (TPSA) is 76.0 Å². The second-order valence-electron chi connectivity index (χ2n) is 9.74. The van der Waals surface area contributed by atoms with E-state index in [0.717, 1.165) is 33.2 Å². The molecule has 1 atom stereocenters. The van der Waals surface area contributed by atoms with E-state index in [0.29, 0.717) is 28.5 Å². The van der Waals surface area contributed by atoms with E-state index in [1.165, 1.54) is 3.97 Å². The number of nitrogens with zero attached hydrogens (tertiary/aromatic N) is 1. The van der Waals surface area contributed by atoms with E-state index in [-0.39, 0.29) is 11.5 Å². The van der Waals surface area contributed by atoms with E-state index in [9.17, 15) is 8.42 Å². The number of benzene rings is 4. The summed E-state index contributed by atoms with van der Waals surface area (Å²) in [5, 5.41) is 0.815. The molecule has 4 aromatic carbocycles. The molecular formula is C32H29NO6S. The summed E-state index contributed by atoms with van der Waals surface area (Å²) < 4.78 is 52.6. The van der Waals surface area contributed by atoms with Crippen molar-refractivity contribution in [1.29, 1.82) is 0 Å². The third kappa shape index (κ3) is 4.16.